The molecule has 0 saturated heterocycles. The van der Waals surface area contributed by atoms with Gasteiger partial charge in [0.2, 0.25) is 0 Å². The second-order valence-corrected chi connectivity index (χ2v) is 7.40. The summed E-state index contributed by atoms with van der Waals surface area (Å²) >= 11 is 0. The predicted octanol–water partition coefficient (Wildman–Crippen LogP) is 3.22. The van der Waals surface area contributed by atoms with Crippen molar-refractivity contribution in [3.63, 3.8) is 0 Å². The zero-order valence-corrected chi connectivity index (χ0v) is 15.2. The molecule has 2 bridgehead atoms. The number of rotatable bonds is 7. The summed E-state index contributed by atoms with van der Waals surface area (Å²) in [6, 6.07) is 5.18. The number of carbonyl (C=O) groups excluding carboxylic acids is 2. The van der Waals surface area contributed by atoms with Gasteiger partial charge in [-0.2, -0.15) is 0 Å². The number of nitrogens with one attached hydrogen (secondary N) is 1. The van der Waals surface area contributed by atoms with Gasteiger partial charge < -0.3 is 14.8 Å². The molecule has 5 nitrogen and oxygen atoms in total. The van der Waals surface area contributed by atoms with E-state index >= 15 is 0 Å². The van der Waals surface area contributed by atoms with Gasteiger partial charge in [-0.15, -0.1) is 0 Å². The summed E-state index contributed by atoms with van der Waals surface area (Å²) in [5.74, 6) is 2.95. The van der Waals surface area contributed by atoms with Crippen LogP contribution in [0.4, 0.5) is 0 Å². The van der Waals surface area contributed by atoms with Crippen LogP contribution in [0.15, 0.2) is 18.2 Å². The molecule has 3 rings (SSSR count). The number of methoxy groups -OCH3 is 1. The summed E-state index contributed by atoms with van der Waals surface area (Å²) in [6.45, 7) is 3.47. The van der Waals surface area contributed by atoms with Gasteiger partial charge in [0.25, 0.3) is 5.91 Å². The number of ether oxygens (including phenoxy) is 2. The van der Waals surface area contributed by atoms with Crippen LogP contribution in [0, 0.1) is 17.8 Å². The van der Waals surface area contributed by atoms with Crippen LogP contribution < -0.4 is 14.8 Å². The van der Waals surface area contributed by atoms with Crippen molar-refractivity contribution in [1.82, 2.24) is 5.32 Å². The summed E-state index contributed by atoms with van der Waals surface area (Å²) in [5.41, 5.74) is 0.453. The molecule has 0 aliphatic heterocycles. The Hall–Kier alpha value is -2.04. The molecule has 136 valence electrons. The minimum absolute atomic E-state index is 0.0986. The van der Waals surface area contributed by atoms with Crippen molar-refractivity contribution in [2.75, 3.05) is 13.7 Å². The Bertz CT molecular complexity index is 657. The van der Waals surface area contributed by atoms with E-state index in [0.717, 1.165) is 11.8 Å². The molecule has 1 amide bonds. The Balaban J connectivity index is 1.56. The Kier molecular flexibility index (Phi) is 5.30. The van der Waals surface area contributed by atoms with Crippen LogP contribution in [0.3, 0.4) is 0 Å². The van der Waals surface area contributed by atoms with E-state index < -0.39 is 0 Å². The molecule has 4 atom stereocenters. The number of hydrogen-bond acceptors (Lipinski definition) is 4. The Labute approximate surface area is 149 Å². The van der Waals surface area contributed by atoms with E-state index in [1.807, 2.05) is 0 Å². The van der Waals surface area contributed by atoms with E-state index in [4.69, 9.17) is 9.47 Å². The maximum Gasteiger partial charge on any atom is 0.258 e. The third-order valence-electron chi connectivity index (χ3n) is 5.75. The first-order valence-electron chi connectivity index (χ1n) is 9.09. The number of hydrogen-bond donors (Lipinski definition) is 1. The van der Waals surface area contributed by atoms with E-state index in [2.05, 4.69) is 12.2 Å². The number of benzene rings is 1. The second kappa shape index (κ2) is 7.46. The van der Waals surface area contributed by atoms with Crippen molar-refractivity contribution >= 4 is 11.7 Å². The summed E-state index contributed by atoms with van der Waals surface area (Å²) in [5, 5.41) is 3.07. The fraction of sp³-hybridized carbons (Fsp3) is 0.600. The monoisotopic (exact) mass is 345 g/mol. The highest BCUT2D eigenvalue weighted by atomic mass is 16.5. The predicted molar refractivity (Wildman–Crippen MR) is 95.0 cm³/mol. The van der Waals surface area contributed by atoms with Crippen molar-refractivity contribution in [1.29, 1.82) is 0 Å². The zero-order chi connectivity index (χ0) is 18.0. The van der Waals surface area contributed by atoms with Crippen LogP contribution in [-0.4, -0.2) is 31.4 Å². The molecule has 2 saturated carbocycles. The van der Waals surface area contributed by atoms with Gasteiger partial charge in [-0.25, -0.2) is 0 Å². The first-order chi connectivity index (χ1) is 12.0. The molecule has 1 aromatic carbocycles. The lowest BCUT2D eigenvalue weighted by atomic mass is 9.84. The molecular formula is C20H27NO4. The maximum absolute atomic E-state index is 12.3. The molecular weight excluding hydrogens is 318 g/mol. The van der Waals surface area contributed by atoms with Crippen molar-refractivity contribution in [2.24, 2.45) is 17.8 Å². The fourth-order valence-corrected chi connectivity index (χ4v) is 4.49. The van der Waals surface area contributed by atoms with Gasteiger partial charge in [0.1, 0.15) is 11.5 Å². The summed E-state index contributed by atoms with van der Waals surface area (Å²) in [6.07, 6.45) is 5.22. The Morgan fingerprint density at radius 3 is 2.68 bits per heavy atom. The lowest BCUT2D eigenvalue weighted by Crippen LogP contribution is -2.42. The van der Waals surface area contributed by atoms with E-state index in [-0.39, 0.29) is 24.3 Å². The molecule has 1 N–H and O–H groups in total. The fourth-order valence-electron chi connectivity index (χ4n) is 4.49. The van der Waals surface area contributed by atoms with Crippen LogP contribution in [0.1, 0.15) is 49.9 Å². The minimum atomic E-state index is -0.146. The third-order valence-corrected chi connectivity index (χ3v) is 5.75. The number of carbonyl (C=O) groups is 2. The topological polar surface area (TPSA) is 64.6 Å². The highest BCUT2D eigenvalue weighted by Crippen LogP contribution is 2.49. The van der Waals surface area contributed by atoms with Gasteiger partial charge in [-0.05, 0) is 63.0 Å². The molecule has 2 aliphatic rings. The average Bonchev–Trinajstić information content (AvgIpc) is 3.22. The van der Waals surface area contributed by atoms with Crippen LogP contribution in [0.5, 0.6) is 11.5 Å². The van der Waals surface area contributed by atoms with E-state index in [9.17, 15) is 9.59 Å². The molecule has 1 aromatic rings. The van der Waals surface area contributed by atoms with Gasteiger partial charge in [-0.1, -0.05) is 6.42 Å². The molecule has 0 heterocycles. The lowest BCUT2D eigenvalue weighted by molar-refractivity contribution is -0.124. The second-order valence-electron chi connectivity index (χ2n) is 7.40. The van der Waals surface area contributed by atoms with E-state index in [1.54, 1.807) is 25.3 Å². The highest BCUT2D eigenvalue weighted by molar-refractivity contribution is 5.97. The normalized spacial score (nSPS) is 25.5. The van der Waals surface area contributed by atoms with Crippen LogP contribution in [0.25, 0.3) is 0 Å². The number of Topliss-reactive ketones (excluding diaryl/α,β-unsaturated/α-hetero) is 1. The molecule has 5 heteroatoms. The summed E-state index contributed by atoms with van der Waals surface area (Å²) in [4.78, 5) is 24.0. The van der Waals surface area contributed by atoms with E-state index in [1.165, 1.54) is 32.6 Å². The van der Waals surface area contributed by atoms with Crippen molar-refractivity contribution < 1.29 is 19.1 Å². The van der Waals surface area contributed by atoms with Crippen LogP contribution in [-0.2, 0) is 4.79 Å². The van der Waals surface area contributed by atoms with Gasteiger partial charge in [0.15, 0.2) is 12.4 Å². The van der Waals surface area contributed by atoms with Crippen molar-refractivity contribution in [3.05, 3.63) is 23.8 Å². The quantitative estimate of drug-likeness (QED) is 0.771. The average molecular weight is 345 g/mol. The summed E-state index contributed by atoms with van der Waals surface area (Å²) in [7, 11) is 1.55. The number of amides is 1. The van der Waals surface area contributed by atoms with Gasteiger partial charge in [0.05, 0.1) is 12.7 Å². The number of ketones is 1. The number of fused-ring (bicyclic) bond motifs is 2. The van der Waals surface area contributed by atoms with Gasteiger partial charge >= 0.3 is 0 Å². The zero-order valence-electron chi connectivity index (χ0n) is 15.2. The summed E-state index contributed by atoms with van der Waals surface area (Å²) < 4.78 is 10.8. The SMILES string of the molecule is COc1ccc(C(C)=O)c(OCC(=O)NC(C)C2CC3CCC2C3)c1. The van der Waals surface area contributed by atoms with Gasteiger partial charge in [-0.3, -0.25) is 9.59 Å². The first-order valence-corrected chi connectivity index (χ1v) is 9.09. The standard InChI is InChI=1S/C20H27NO4/c1-12(18-9-14-4-5-15(18)8-14)21-20(23)11-25-19-10-16(24-3)6-7-17(19)13(2)22/h6-7,10,12,14-15,18H,4-5,8-9,11H2,1-3H3,(H,21,23). The largest absolute Gasteiger partial charge is 0.497 e. The lowest BCUT2D eigenvalue weighted by Gasteiger charge is -2.28. The maximum atomic E-state index is 12.3. The van der Waals surface area contributed by atoms with E-state index in [0.29, 0.717) is 23.0 Å². The van der Waals surface area contributed by atoms with Crippen molar-refractivity contribution in [2.45, 2.75) is 45.6 Å². The smallest absolute Gasteiger partial charge is 0.258 e. The highest BCUT2D eigenvalue weighted by Gasteiger charge is 2.42. The molecule has 2 fully saturated rings. The molecule has 25 heavy (non-hydrogen) atoms. The molecule has 0 spiro atoms. The molecule has 0 radical (unpaired) electrons. The van der Waals surface area contributed by atoms with Crippen LogP contribution in [0.2, 0.25) is 0 Å². The third kappa shape index (κ3) is 3.97. The minimum Gasteiger partial charge on any atom is -0.497 e. The first kappa shape index (κ1) is 17.8. The van der Waals surface area contributed by atoms with Crippen LogP contribution >= 0.6 is 0 Å². The molecule has 4 unspecified atom stereocenters. The Morgan fingerprint density at radius 2 is 2.08 bits per heavy atom. The van der Waals surface area contributed by atoms with Gasteiger partial charge in [0, 0.05) is 12.1 Å². The molecule has 0 aromatic heterocycles. The Morgan fingerprint density at radius 1 is 1.28 bits per heavy atom. The molecule has 2 aliphatic carbocycles. The van der Waals surface area contributed by atoms with Crippen molar-refractivity contribution in [3.8, 4) is 11.5 Å².